The first-order valence-corrected chi connectivity index (χ1v) is 39.0. The van der Waals surface area contributed by atoms with Crippen LogP contribution in [0.3, 0.4) is 0 Å². The Kier molecular flexibility index (Phi) is 40.9. The van der Waals surface area contributed by atoms with E-state index in [2.05, 4.69) is 53.5 Å². The van der Waals surface area contributed by atoms with Gasteiger partial charge in [-0.3, -0.25) is 62.3 Å². The first kappa shape index (κ1) is 97.3. The number of ether oxygens (including phenoxy) is 6. The zero-order chi connectivity index (χ0) is 84.5. The number of carbonyl (C=O) groups excluding carboxylic acids is 10. The summed E-state index contributed by atoms with van der Waals surface area (Å²) >= 11 is 0. The second-order valence-corrected chi connectivity index (χ2v) is 28.0. The summed E-state index contributed by atoms with van der Waals surface area (Å²) in [5.74, 6) is -6.03. The van der Waals surface area contributed by atoms with Crippen LogP contribution in [0.1, 0.15) is 148 Å². The Morgan fingerprint density at radius 3 is 1.21 bits per heavy atom. The summed E-state index contributed by atoms with van der Waals surface area (Å²) in [6.07, 6.45) is 9.61. The molecule has 38 heteroatoms. The van der Waals surface area contributed by atoms with Crippen molar-refractivity contribution < 1.29 is 167 Å². The van der Waals surface area contributed by atoms with Gasteiger partial charge in [0.25, 0.3) is 22.9 Å². The van der Waals surface area contributed by atoms with Crippen molar-refractivity contribution in [2.75, 3.05) is 92.1 Å². The Hall–Kier alpha value is -9.85. The number of carbonyl (C=O) groups is 10. The Labute approximate surface area is 739 Å². The summed E-state index contributed by atoms with van der Waals surface area (Å²) in [7, 11) is 0. The predicted molar refractivity (Wildman–Crippen MR) is 423 cm³/mol. The number of nitrogens with two attached hydrogens (primary N) is 1. The molecule has 6 aromatic rings. The molecule has 2 aromatic heterocycles. The van der Waals surface area contributed by atoms with Crippen LogP contribution in [-0.4, -0.2) is 209 Å². The number of alkyl carbamates (subject to hydrolysis) is 2. The van der Waals surface area contributed by atoms with E-state index in [1.807, 2.05) is 84.9 Å². The second-order valence-electron chi connectivity index (χ2n) is 28.0. The van der Waals surface area contributed by atoms with Gasteiger partial charge in [0.15, 0.2) is 0 Å². The maximum atomic E-state index is 12.3. The van der Waals surface area contributed by atoms with E-state index in [1.165, 1.54) is 45.8 Å². The maximum absolute atomic E-state index is 12.3. The molecule has 638 valence electrons. The summed E-state index contributed by atoms with van der Waals surface area (Å²) < 4.78 is 34.4. The van der Waals surface area contributed by atoms with Gasteiger partial charge in [0.1, 0.15) is 51.7 Å². The number of aromatic nitrogens is 4. The van der Waals surface area contributed by atoms with Crippen LogP contribution >= 0.6 is 0 Å². The number of benzene rings is 4. The van der Waals surface area contributed by atoms with Gasteiger partial charge in [-0.25, -0.2) is 24.0 Å². The average molecular weight is 1820 g/mol. The monoisotopic (exact) mass is 1820 g/mol. The molecule has 5 heterocycles. The van der Waals surface area contributed by atoms with Crippen LogP contribution in [0.4, 0.5) is 9.59 Å². The van der Waals surface area contributed by atoms with Gasteiger partial charge >= 0.3 is 41.5 Å². The van der Waals surface area contributed by atoms with Crippen molar-refractivity contribution in [1.29, 1.82) is 0 Å². The van der Waals surface area contributed by atoms with Gasteiger partial charge in [0.05, 0.1) is 49.6 Å². The minimum Gasteiger partial charge on any atom is -0.463 e. The van der Waals surface area contributed by atoms with Gasteiger partial charge in [-0.05, 0) is 88.9 Å². The van der Waals surface area contributed by atoms with Crippen molar-refractivity contribution in [3.8, 4) is 22.3 Å². The van der Waals surface area contributed by atoms with Crippen LogP contribution in [-0.2, 0) is 137 Å². The van der Waals surface area contributed by atoms with E-state index in [4.69, 9.17) is 34.2 Å². The number of fused-ring (bicyclic) bond motifs is 6. The van der Waals surface area contributed by atoms with Crippen LogP contribution in [0.25, 0.3) is 34.4 Å². The molecule has 3 fully saturated rings. The molecule has 120 heavy (non-hydrogen) atoms. The number of unbranched alkanes of at least 4 members (excludes halogenated alkanes) is 6. The smallest absolute Gasteiger partial charge is 0.407 e. The number of hydrogen-bond acceptors (Lipinski definition) is 26. The first-order valence-electron chi connectivity index (χ1n) is 39.0. The maximum Gasteiger partial charge on any atom is 0.407 e. The molecule has 11 rings (SSSR count). The molecule has 3 aliphatic heterocycles. The third-order valence-corrected chi connectivity index (χ3v) is 19.9. The number of aliphatic hydroxyl groups excluding tert-OH is 4. The zero-order valence-corrected chi connectivity index (χ0v) is 71.7. The van der Waals surface area contributed by atoms with Gasteiger partial charge < -0.3 is 86.0 Å². The number of hydroxylamine groups is 2. The minimum atomic E-state index is -1.09. The number of H-pyrrole nitrogens is 2. The molecule has 0 saturated carbocycles. The normalized spacial score (nSPS) is 17.3. The molecular weight excluding hydrogens is 1720 g/mol. The largest absolute Gasteiger partial charge is 0.463 e. The third kappa shape index (κ3) is 28.7. The van der Waals surface area contributed by atoms with E-state index in [0.29, 0.717) is 50.5 Å². The van der Waals surface area contributed by atoms with Crippen LogP contribution in [0.5, 0.6) is 0 Å². The Balaban J connectivity index is 0.000000263. The quantitative estimate of drug-likeness (QED) is 0.00662. The third-order valence-electron chi connectivity index (χ3n) is 19.9. The van der Waals surface area contributed by atoms with Gasteiger partial charge in [-0.2, -0.15) is 0 Å². The molecule has 3 saturated heterocycles. The van der Waals surface area contributed by atoms with E-state index in [-0.39, 0.29) is 191 Å². The van der Waals surface area contributed by atoms with Crippen LogP contribution in [0, 0.1) is 11.8 Å². The molecule has 2 radical (unpaired) electrons. The molecule has 5 aliphatic rings. The van der Waals surface area contributed by atoms with Crippen LogP contribution < -0.4 is 54.8 Å². The van der Waals surface area contributed by atoms with Crippen molar-refractivity contribution in [3.05, 3.63) is 197 Å². The molecule has 0 bridgehead atoms. The fourth-order valence-electron chi connectivity index (χ4n) is 13.8. The summed E-state index contributed by atoms with van der Waals surface area (Å²) in [4.78, 5) is 177. The number of esters is 2. The van der Waals surface area contributed by atoms with E-state index < -0.39 is 114 Å². The molecule has 0 spiro atoms. The van der Waals surface area contributed by atoms with Crippen molar-refractivity contribution in [2.24, 2.45) is 17.6 Å². The van der Waals surface area contributed by atoms with E-state index in [0.717, 1.165) is 83.0 Å². The number of nitrogens with one attached hydrogen (secondary N) is 7. The molecule has 36 nitrogen and oxygen atoms in total. The SMILES string of the molecule is NCCCCCCNC(=O)/C=C/c1cn([C@H]2C[C@H](CO)[C@@H](CO)O2)c(=O)[nH]c1=O.O=C(/C=C/c1cn([C@H]2C[C@H](CO)[C@@H](CO)O2)c(=O)[nH]c1=O)NCCCCCCNC(=O)CC(=O)OCCNC(=O)OCC1c2ccccc2-c2ccccc21.O=C(CC(=O)ON1C(=O)CCC1=O)OCCNC(=O)OCC1c2ccccc2-c2ccccc21.[Y].[Y]. The molecule has 2 aliphatic carbocycles. The average Bonchev–Trinajstić information content (AvgIpc) is 1.62. The fraction of sp³-hybridized carbons (Fsp3) is 0.439. The number of aromatic amines is 2. The fourth-order valence-corrected chi connectivity index (χ4v) is 13.8. The number of nitrogens with zero attached hydrogens (tertiary/aromatic N) is 3. The van der Waals surface area contributed by atoms with Crippen molar-refractivity contribution in [3.63, 3.8) is 0 Å². The molecule has 13 N–H and O–H groups in total. The molecule has 4 aromatic carbocycles. The van der Waals surface area contributed by atoms with Crippen LogP contribution in [0.15, 0.2) is 141 Å². The second kappa shape index (κ2) is 50.4. The predicted octanol–water partition coefficient (Wildman–Crippen LogP) is 2.84. The van der Waals surface area contributed by atoms with Crippen molar-refractivity contribution >= 4 is 71.8 Å². The number of rotatable bonds is 38. The number of imide groups is 1. The molecule has 7 amide bonds. The number of amides is 7. The summed E-state index contributed by atoms with van der Waals surface area (Å²) in [5.41, 5.74) is 11.8. The van der Waals surface area contributed by atoms with Gasteiger partial charge in [-0.1, -0.05) is 123 Å². The summed E-state index contributed by atoms with van der Waals surface area (Å²) in [5, 5.41) is 51.2. The zero-order valence-electron chi connectivity index (χ0n) is 66.1. The van der Waals surface area contributed by atoms with Gasteiger partial charge in [0, 0.05) is 172 Å². The Morgan fingerprint density at radius 1 is 0.458 bits per heavy atom. The van der Waals surface area contributed by atoms with E-state index >= 15 is 0 Å². The van der Waals surface area contributed by atoms with Gasteiger partial charge in [-0.15, -0.1) is 5.06 Å². The van der Waals surface area contributed by atoms with E-state index in [1.54, 1.807) is 0 Å². The topological polar surface area (TPSA) is 515 Å². The van der Waals surface area contributed by atoms with Crippen LogP contribution in [0.2, 0.25) is 0 Å². The van der Waals surface area contributed by atoms with E-state index in [9.17, 15) is 87.5 Å². The van der Waals surface area contributed by atoms with Gasteiger partial charge in [0.2, 0.25) is 17.7 Å². The Bertz CT molecular complexity index is 4690. The standard InChI is InChI=1S/C39H47N5O11.C24H22N2O8.C19H30N4O6.2Y/c45-22-26-19-35(55-32(26)23-46)44-21-25(37(50)43-38(44)51)13-14-33(47)40-15-7-1-2-8-16-41-34(48)20-36(49)53-18-17-42-39(52)54-24-31-29-11-5-3-9-27(29)28-10-4-6-12-30(28)31;27-20-9-10-21(28)26(20)34-23(30)13-22(29)32-12-11-25-24(31)33-14-19-17-7-3-1-5-15(17)16-6-2-4-8-18(16)19;20-7-3-1-2-4-8-21-16(26)6-5-13-10-23(19(28)22-18(13)27)17-9-14(11-24)15(12-25)29-17;;/h3-6,9-14,21,26,31-32,35,45-46H,1-2,7-8,15-20,22-24H2,(H,40,47)(H,41,48)(H,42,52)(H,43,50,51);1-8,19H,9-14H2,(H,25,31);5-6,10,14-15,17,24-25H,1-4,7-9,11-12,20H2,(H,21,26)(H,22,27,28);;/b14-13+;;6-5+;;/t26-,32-,35-;;14-,15-,17-;;/m1.1../s1. The molecule has 6 atom stereocenters. The number of aliphatic hydroxyl groups is 4. The van der Waals surface area contributed by atoms with Crippen molar-refractivity contribution in [1.82, 2.24) is 50.7 Å². The first-order chi connectivity index (χ1) is 57.1. The minimum absolute atomic E-state index is 0. The molecule has 0 unspecified atom stereocenters. The van der Waals surface area contributed by atoms with Crippen molar-refractivity contribution in [2.45, 2.75) is 126 Å². The summed E-state index contributed by atoms with van der Waals surface area (Å²) in [6, 6.07) is 32.0. The Morgan fingerprint density at radius 2 is 0.833 bits per heavy atom. The molecular formula is C82H99N11O25Y2. The summed E-state index contributed by atoms with van der Waals surface area (Å²) in [6.45, 7) is 0.970. The number of hydrogen-bond donors (Lipinski definition) is 12.